The highest BCUT2D eigenvalue weighted by Gasteiger charge is 2.48. The quantitative estimate of drug-likeness (QED) is 0.802. The van der Waals surface area contributed by atoms with E-state index in [1.807, 2.05) is 17.5 Å². The molecule has 2 aromatic rings. The Labute approximate surface area is 158 Å². The smallest absolute Gasteiger partial charge is 0.234 e. The van der Waals surface area contributed by atoms with E-state index in [0.29, 0.717) is 24.4 Å². The monoisotopic (exact) mass is 389 g/mol. The summed E-state index contributed by atoms with van der Waals surface area (Å²) in [5, 5.41) is 1.52. The third-order valence-electron chi connectivity index (χ3n) is 5.80. The third kappa shape index (κ3) is 2.89. The maximum Gasteiger partial charge on any atom is 0.234 e. The first kappa shape index (κ1) is 17.7. The van der Waals surface area contributed by atoms with Crippen molar-refractivity contribution in [3.63, 3.8) is 0 Å². The lowest BCUT2D eigenvalue weighted by Crippen LogP contribution is -2.44. The second-order valence-corrected chi connectivity index (χ2v) is 10.5. The molecule has 2 heterocycles. The van der Waals surface area contributed by atoms with Crippen LogP contribution in [0.5, 0.6) is 0 Å². The zero-order valence-electron chi connectivity index (χ0n) is 14.6. The van der Waals surface area contributed by atoms with Crippen LogP contribution >= 0.6 is 11.3 Å². The predicted octanol–water partition coefficient (Wildman–Crippen LogP) is 3.63. The molecule has 6 heteroatoms. The van der Waals surface area contributed by atoms with E-state index in [0.717, 1.165) is 30.6 Å². The van der Waals surface area contributed by atoms with Gasteiger partial charge >= 0.3 is 0 Å². The van der Waals surface area contributed by atoms with Crippen molar-refractivity contribution in [1.82, 2.24) is 4.90 Å². The lowest BCUT2D eigenvalue weighted by atomic mass is 9.83. The second kappa shape index (κ2) is 6.82. The van der Waals surface area contributed by atoms with Gasteiger partial charge in [-0.05, 0) is 42.8 Å². The van der Waals surface area contributed by atoms with Gasteiger partial charge < -0.3 is 4.90 Å². The average Bonchev–Trinajstić information content (AvgIpc) is 3.43. The molecule has 1 amide bonds. The summed E-state index contributed by atoms with van der Waals surface area (Å²) in [6.45, 7) is 0.839. The molecular weight excluding hydrogens is 366 g/mol. The molecule has 1 atom stereocenters. The molecule has 1 aliphatic carbocycles. The summed E-state index contributed by atoms with van der Waals surface area (Å²) in [6.07, 6.45) is 4.38. The molecule has 0 N–H and O–H groups in total. The average molecular weight is 390 g/mol. The van der Waals surface area contributed by atoms with Gasteiger partial charge in [-0.3, -0.25) is 4.79 Å². The minimum Gasteiger partial charge on any atom is -0.341 e. The summed E-state index contributed by atoms with van der Waals surface area (Å²) in [5.41, 5.74) is -0.431. The Balaban J connectivity index is 1.56. The first-order valence-corrected chi connectivity index (χ1v) is 11.6. The van der Waals surface area contributed by atoms with Crippen LogP contribution in [0.4, 0.5) is 0 Å². The summed E-state index contributed by atoms with van der Waals surface area (Å²) in [7, 11) is -3.39. The summed E-state index contributed by atoms with van der Waals surface area (Å²) < 4.78 is 25.8. The van der Waals surface area contributed by atoms with Crippen LogP contribution in [0.2, 0.25) is 0 Å². The molecule has 4 rings (SSSR count). The standard InChI is InChI=1S/C20H23NO3S2/c22-19(20(11-4-5-12-20)18-9-6-14-25-18)21-13-10-17(15-21)26(23,24)16-7-2-1-3-8-16/h1-3,6-9,14,17H,4-5,10-13,15H2. The van der Waals surface area contributed by atoms with Crippen LogP contribution in [0.15, 0.2) is 52.7 Å². The highest BCUT2D eigenvalue weighted by molar-refractivity contribution is 7.92. The third-order valence-corrected chi connectivity index (χ3v) is 9.07. The largest absolute Gasteiger partial charge is 0.341 e. The van der Waals surface area contributed by atoms with Gasteiger partial charge in [0, 0.05) is 18.0 Å². The summed E-state index contributed by atoms with van der Waals surface area (Å²) >= 11 is 1.64. The van der Waals surface area contributed by atoms with E-state index in [9.17, 15) is 13.2 Å². The van der Waals surface area contributed by atoms with Gasteiger partial charge in [0.25, 0.3) is 0 Å². The second-order valence-electron chi connectivity index (χ2n) is 7.29. The molecule has 2 aliphatic rings. The van der Waals surface area contributed by atoms with Crippen LogP contribution in [0.3, 0.4) is 0 Å². The Morgan fingerprint density at radius 2 is 1.81 bits per heavy atom. The molecule has 26 heavy (non-hydrogen) atoms. The number of thiophene rings is 1. The molecule has 4 nitrogen and oxygen atoms in total. The van der Waals surface area contributed by atoms with E-state index in [1.54, 1.807) is 40.5 Å². The lowest BCUT2D eigenvalue weighted by Gasteiger charge is -2.31. The molecule has 1 unspecified atom stereocenters. The number of carbonyl (C=O) groups is 1. The van der Waals surface area contributed by atoms with Crippen LogP contribution in [0.1, 0.15) is 37.0 Å². The van der Waals surface area contributed by atoms with Gasteiger partial charge in [-0.1, -0.05) is 37.1 Å². The first-order valence-electron chi connectivity index (χ1n) is 9.16. The van der Waals surface area contributed by atoms with E-state index >= 15 is 0 Å². The molecular formula is C20H23NO3S2. The summed E-state index contributed by atoms with van der Waals surface area (Å²) in [5.74, 6) is 0.128. The molecule has 1 aliphatic heterocycles. The normalized spacial score (nSPS) is 22.6. The molecule has 1 saturated heterocycles. The number of carbonyl (C=O) groups excluding carboxylic acids is 1. The van der Waals surface area contributed by atoms with Crippen molar-refractivity contribution < 1.29 is 13.2 Å². The molecule has 0 radical (unpaired) electrons. The fourth-order valence-electron chi connectivity index (χ4n) is 4.37. The minimum atomic E-state index is -3.39. The zero-order valence-corrected chi connectivity index (χ0v) is 16.3. The molecule has 138 valence electrons. The first-order chi connectivity index (χ1) is 12.5. The highest BCUT2D eigenvalue weighted by Crippen LogP contribution is 2.45. The number of amides is 1. The fourth-order valence-corrected chi connectivity index (χ4v) is 7.06. The molecule has 1 aromatic carbocycles. The van der Waals surface area contributed by atoms with Gasteiger partial charge in [-0.25, -0.2) is 8.42 Å². The molecule has 0 spiro atoms. The lowest BCUT2D eigenvalue weighted by molar-refractivity contribution is -0.136. The summed E-state index contributed by atoms with van der Waals surface area (Å²) in [6, 6.07) is 12.6. The van der Waals surface area contributed by atoms with Gasteiger partial charge in [0.05, 0.1) is 15.6 Å². The van der Waals surface area contributed by atoms with Gasteiger partial charge in [0.1, 0.15) is 0 Å². The Morgan fingerprint density at radius 3 is 2.46 bits per heavy atom. The van der Waals surface area contributed by atoms with Crippen molar-refractivity contribution in [1.29, 1.82) is 0 Å². The van der Waals surface area contributed by atoms with Gasteiger partial charge in [0.2, 0.25) is 5.91 Å². The highest BCUT2D eigenvalue weighted by atomic mass is 32.2. The molecule has 1 aromatic heterocycles. The van der Waals surface area contributed by atoms with Gasteiger partial charge in [0.15, 0.2) is 9.84 Å². The van der Waals surface area contributed by atoms with Crippen LogP contribution in [-0.4, -0.2) is 37.6 Å². The van der Waals surface area contributed by atoms with Crippen LogP contribution in [0, 0.1) is 0 Å². The molecule has 2 fully saturated rings. The van der Waals surface area contributed by atoms with Crippen molar-refractivity contribution in [2.75, 3.05) is 13.1 Å². The molecule has 1 saturated carbocycles. The number of rotatable bonds is 4. The van der Waals surface area contributed by atoms with E-state index in [2.05, 4.69) is 6.07 Å². The number of nitrogens with zero attached hydrogens (tertiary/aromatic N) is 1. The van der Waals surface area contributed by atoms with Crippen molar-refractivity contribution in [2.24, 2.45) is 0 Å². The number of hydrogen-bond donors (Lipinski definition) is 0. The van der Waals surface area contributed by atoms with Crippen LogP contribution in [-0.2, 0) is 20.0 Å². The van der Waals surface area contributed by atoms with Crippen molar-refractivity contribution in [3.05, 3.63) is 52.7 Å². The minimum absolute atomic E-state index is 0.128. The van der Waals surface area contributed by atoms with Crippen LogP contribution in [0.25, 0.3) is 0 Å². The van der Waals surface area contributed by atoms with Gasteiger partial charge in [-0.2, -0.15) is 0 Å². The fraction of sp³-hybridized carbons (Fsp3) is 0.450. The van der Waals surface area contributed by atoms with Crippen molar-refractivity contribution in [3.8, 4) is 0 Å². The summed E-state index contributed by atoms with van der Waals surface area (Å²) in [4.78, 5) is 16.7. The SMILES string of the molecule is O=C(N1CCC(S(=O)(=O)c2ccccc2)C1)C1(c2cccs2)CCCC1. The zero-order chi connectivity index (χ0) is 18.2. The molecule has 0 bridgehead atoms. The van der Waals surface area contributed by atoms with E-state index < -0.39 is 20.5 Å². The Bertz CT molecular complexity index is 869. The van der Waals surface area contributed by atoms with Crippen molar-refractivity contribution in [2.45, 2.75) is 47.7 Å². The number of sulfone groups is 1. The van der Waals surface area contributed by atoms with Gasteiger partial charge in [-0.15, -0.1) is 11.3 Å². The topological polar surface area (TPSA) is 54.5 Å². The Morgan fingerprint density at radius 1 is 1.08 bits per heavy atom. The Hall–Kier alpha value is -1.66. The maximum absolute atomic E-state index is 13.4. The number of benzene rings is 1. The van der Waals surface area contributed by atoms with E-state index in [4.69, 9.17) is 0 Å². The maximum atomic E-state index is 13.4. The predicted molar refractivity (Wildman–Crippen MR) is 103 cm³/mol. The van der Waals surface area contributed by atoms with Crippen molar-refractivity contribution >= 4 is 27.1 Å². The number of hydrogen-bond acceptors (Lipinski definition) is 4. The van der Waals surface area contributed by atoms with Crippen LogP contribution < -0.4 is 0 Å². The Kier molecular flexibility index (Phi) is 4.65. The number of likely N-dealkylation sites (tertiary alicyclic amines) is 1. The van der Waals surface area contributed by atoms with E-state index in [-0.39, 0.29) is 5.91 Å². The van der Waals surface area contributed by atoms with E-state index in [1.165, 1.54) is 0 Å².